The fourth-order valence-corrected chi connectivity index (χ4v) is 2.05. The van der Waals surface area contributed by atoms with Crippen molar-refractivity contribution >= 4 is 29.6 Å². The van der Waals surface area contributed by atoms with Crippen LogP contribution in [0.1, 0.15) is 24.8 Å². The van der Waals surface area contributed by atoms with Crippen LogP contribution < -0.4 is 0 Å². The first-order valence-electron chi connectivity index (χ1n) is 4.46. The van der Waals surface area contributed by atoms with Crippen molar-refractivity contribution in [1.82, 2.24) is 0 Å². The second-order valence-corrected chi connectivity index (χ2v) is 4.48. The molecule has 0 radical (unpaired) electrons. The van der Waals surface area contributed by atoms with E-state index in [1.807, 2.05) is 25.3 Å². The third-order valence-corrected chi connectivity index (χ3v) is 3.25. The monoisotopic (exact) mass is 228 g/mol. The van der Waals surface area contributed by atoms with Crippen molar-refractivity contribution in [1.29, 1.82) is 0 Å². The lowest BCUT2D eigenvalue weighted by atomic mass is 9.98. The van der Waals surface area contributed by atoms with Crippen molar-refractivity contribution in [3.63, 3.8) is 0 Å². The summed E-state index contributed by atoms with van der Waals surface area (Å²) in [6.07, 6.45) is 3.49. The molecule has 76 valence electrons. The normalized spacial score (nSPS) is 12.5. The van der Waals surface area contributed by atoms with Crippen LogP contribution in [-0.2, 0) is 4.79 Å². The van der Waals surface area contributed by atoms with E-state index in [1.165, 1.54) is 4.90 Å². The molecule has 0 saturated carbocycles. The summed E-state index contributed by atoms with van der Waals surface area (Å²) in [4.78, 5) is 11.6. The zero-order valence-electron chi connectivity index (χ0n) is 8.29. The Morgan fingerprint density at radius 3 is 2.86 bits per heavy atom. The Balaban J connectivity index is 2.98. The van der Waals surface area contributed by atoms with Crippen LogP contribution in [0.4, 0.5) is 0 Å². The van der Waals surface area contributed by atoms with Crippen LogP contribution in [0.5, 0.6) is 0 Å². The molecule has 0 N–H and O–H groups in total. The number of halogens is 1. The SMILES string of the molecule is CSc1ccc(Cl)c(C(C)CC=O)c1. The molecule has 0 aliphatic heterocycles. The Kier molecular flexibility index (Phi) is 4.49. The van der Waals surface area contributed by atoms with Gasteiger partial charge < -0.3 is 4.79 Å². The van der Waals surface area contributed by atoms with Gasteiger partial charge in [0.15, 0.2) is 0 Å². The number of hydrogen-bond acceptors (Lipinski definition) is 2. The minimum Gasteiger partial charge on any atom is -0.303 e. The molecule has 1 nitrogen and oxygen atoms in total. The molecule has 1 aromatic carbocycles. The van der Waals surface area contributed by atoms with Crippen LogP contribution in [-0.4, -0.2) is 12.5 Å². The summed E-state index contributed by atoms with van der Waals surface area (Å²) in [5.74, 6) is 0.201. The predicted octanol–water partition coefficient (Wildman–Crippen LogP) is 3.75. The van der Waals surface area contributed by atoms with E-state index in [9.17, 15) is 4.79 Å². The summed E-state index contributed by atoms with van der Waals surface area (Å²) in [5.41, 5.74) is 1.06. The lowest BCUT2D eigenvalue weighted by Gasteiger charge is -2.11. The molecule has 0 bridgehead atoms. The lowest BCUT2D eigenvalue weighted by Crippen LogP contribution is -1.95. The number of carbonyl (C=O) groups excluding carboxylic acids is 1. The van der Waals surface area contributed by atoms with Crippen molar-refractivity contribution < 1.29 is 4.79 Å². The molecular formula is C11H13ClOS. The first-order valence-corrected chi connectivity index (χ1v) is 6.06. The van der Waals surface area contributed by atoms with Crippen LogP contribution in [0.3, 0.4) is 0 Å². The smallest absolute Gasteiger partial charge is 0.120 e. The Hall–Kier alpha value is -0.470. The van der Waals surface area contributed by atoms with Gasteiger partial charge >= 0.3 is 0 Å². The molecule has 0 heterocycles. The molecule has 3 heteroatoms. The molecule has 0 spiro atoms. The summed E-state index contributed by atoms with van der Waals surface area (Å²) in [6.45, 7) is 2.01. The number of aldehydes is 1. The highest BCUT2D eigenvalue weighted by Gasteiger charge is 2.09. The third kappa shape index (κ3) is 2.76. The van der Waals surface area contributed by atoms with Crippen molar-refractivity contribution in [2.45, 2.75) is 24.2 Å². The Morgan fingerprint density at radius 2 is 2.29 bits per heavy atom. The summed E-state index contributed by atoms with van der Waals surface area (Å²) in [7, 11) is 0. The minimum atomic E-state index is 0.201. The third-order valence-electron chi connectivity index (χ3n) is 2.18. The van der Waals surface area contributed by atoms with Gasteiger partial charge in [-0.25, -0.2) is 0 Å². The van der Waals surface area contributed by atoms with E-state index < -0.39 is 0 Å². The van der Waals surface area contributed by atoms with Crippen molar-refractivity contribution in [2.75, 3.05) is 6.26 Å². The second-order valence-electron chi connectivity index (χ2n) is 3.19. The highest BCUT2D eigenvalue weighted by Crippen LogP contribution is 2.29. The molecule has 0 aromatic heterocycles. The lowest BCUT2D eigenvalue weighted by molar-refractivity contribution is -0.108. The molecule has 0 saturated heterocycles. The van der Waals surface area contributed by atoms with Crippen LogP contribution in [0.15, 0.2) is 23.1 Å². The number of rotatable bonds is 4. The Morgan fingerprint density at radius 1 is 1.57 bits per heavy atom. The van der Waals surface area contributed by atoms with Crippen molar-refractivity contribution in [3.8, 4) is 0 Å². The number of benzene rings is 1. The fourth-order valence-electron chi connectivity index (χ4n) is 1.30. The Bertz CT molecular complexity index is 325. The first kappa shape index (κ1) is 11.6. The highest BCUT2D eigenvalue weighted by molar-refractivity contribution is 7.98. The molecular weight excluding hydrogens is 216 g/mol. The molecule has 1 unspecified atom stereocenters. The van der Waals surface area contributed by atoms with Gasteiger partial charge in [0.05, 0.1) is 0 Å². The first-order chi connectivity index (χ1) is 6.69. The van der Waals surface area contributed by atoms with Gasteiger partial charge in [0.2, 0.25) is 0 Å². The average Bonchev–Trinajstić information content (AvgIpc) is 2.19. The summed E-state index contributed by atoms with van der Waals surface area (Å²) < 4.78 is 0. The van der Waals surface area contributed by atoms with Crippen LogP contribution in [0.25, 0.3) is 0 Å². The quantitative estimate of drug-likeness (QED) is 0.577. The summed E-state index contributed by atoms with van der Waals surface area (Å²) in [5, 5.41) is 0.747. The number of carbonyl (C=O) groups is 1. The van der Waals surface area contributed by atoms with Crippen LogP contribution in [0, 0.1) is 0 Å². The largest absolute Gasteiger partial charge is 0.303 e. The van der Waals surface area contributed by atoms with Crippen LogP contribution in [0.2, 0.25) is 5.02 Å². The highest BCUT2D eigenvalue weighted by atomic mass is 35.5. The van der Waals surface area contributed by atoms with Gasteiger partial charge in [-0.3, -0.25) is 0 Å². The maximum Gasteiger partial charge on any atom is 0.120 e. The van der Waals surface area contributed by atoms with Crippen molar-refractivity contribution in [3.05, 3.63) is 28.8 Å². The predicted molar refractivity (Wildman–Crippen MR) is 62.3 cm³/mol. The van der Waals surface area contributed by atoms with Gasteiger partial charge in [-0.2, -0.15) is 0 Å². The van der Waals surface area contributed by atoms with Crippen LogP contribution >= 0.6 is 23.4 Å². The molecule has 1 rings (SSSR count). The van der Waals surface area contributed by atoms with E-state index in [1.54, 1.807) is 11.8 Å². The maximum atomic E-state index is 10.4. The molecule has 1 atom stereocenters. The van der Waals surface area contributed by atoms with Crippen molar-refractivity contribution in [2.24, 2.45) is 0 Å². The van der Waals surface area contributed by atoms with E-state index in [4.69, 9.17) is 11.6 Å². The van der Waals surface area contributed by atoms with E-state index in [2.05, 4.69) is 6.07 Å². The van der Waals surface area contributed by atoms with E-state index in [0.717, 1.165) is 16.9 Å². The average molecular weight is 229 g/mol. The molecule has 0 aliphatic carbocycles. The minimum absolute atomic E-state index is 0.201. The standard InChI is InChI=1S/C11H13ClOS/c1-8(5-6-13)10-7-9(14-2)3-4-11(10)12/h3-4,6-8H,5H2,1-2H3. The number of thioether (sulfide) groups is 1. The number of hydrogen-bond donors (Lipinski definition) is 0. The molecule has 0 aliphatic rings. The maximum absolute atomic E-state index is 10.4. The molecule has 1 aromatic rings. The van der Waals surface area contributed by atoms with E-state index in [0.29, 0.717) is 6.42 Å². The van der Waals surface area contributed by atoms with E-state index >= 15 is 0 Å². The van der Waals surface area contributed by atoms with E-state index in [-0.39, 0.29) is 5.92 Å². The molecule has 0 fully saturated rings. The zero-order valence-corrected chi connectivity index (χ0v) is 9.86. The van der Waals surface area contributed by atoms with Gasteiger partial charge in [0.1, 0.15) is 6.29 Å². The summed E-state index contributed by atoms with van der Waals surface area (Å²) >= 11 is 7.74. The molecule has 0 amide bonds. The fraction of sp³-hybridized carbons (Fsp3) is 0.364. The van der Waals surface area contributed by atoms with Gasteiger partial charge in [0.25, 0.3) is 0 Å². The zero-order chi connectivity index (χ0) is 10.6. The summed E-state index contributed by atoms with van der Waals surface area (Å²) in [6, 6.07) is 5.94. The molecule has 14 heavy (non-hydrogen) atoms. The second kappa shape index (κ2) is 5.42. The topological polar surface area (TPSA) is 17.1 Å². The van der Waals surface area contributed by atoms with Gasteiger partial charge in [0, 0.05) is 16.3 Å². The van der Waals surface area contributed by atoms with Gasteiger partial charge in [-0.15, -0.1) is 11.8 Å². The Labute approximate surface area is 93.8 Å². The van der Waals surface area contributed by atoms with Gasteiger partial charge in [-0.1, -0.05) is 18.5 Å². The van der Waals surface area contributed by atoms with Gasteiger partial charge in [-0.05, 0) is 35.9 Å².